The first-order valence-electron chi connectivity index (χ1n) is 5.60. The summed E-state index contributed by atoms with van der Waals surface area (Å²) in [5.74, 6) is -0.200. The molecule has 7 heteroatoms. The molecule has 0 aliphatic carbocycles. The molecule has 0 unspecified atom stereocenters. The molecule has 0 N–H and O–H groups in total. The summed E-state index contributed by atoms with van der Waals surface area (Å²) in [6.07, 6.45) is 5.16. The van der Waals surface area contributed by atoms with Gasteiger partial charge in [-0.15, -0.1) is 0 Å². The molecule has 1 aliphatic rings. The van der Waals surface area contributed by atoms with Crippen molar-refractivity contribution in [1.29, 1.82) is 0 Å². The predicted molar refractivity (Wildman–Crippen MR) is 69.5 cm³/mol. The van der Waals surface area contributed by atoms with E-state index in [1.165, 1.54) is 22.8 Å². The van der Waals surface area contributed by atoms with E-state index in [-0.39, 0.29) is 17.4 Å². The van der Waals surface area contributed by atoms with Crippen LogP contribution in [-0.2, 0) is 14.8 Å². The van der Waals surface area contributed by atoms with Gasteiger partial charge in [-0.3, -0.25) is 4.98 Å². The molecule has 0 saturated carbocycles. The molecule has 1 atom stereocenters. The average molecular weight is 333 g/mol. The van der Waals surface area contributed by atoms with Gasteiger partial charge in [0.15, 0.2) is 0 Å². The highest BCUT2D eigenvalue weighted by Gasteiger charge is 2.30. The van der Waals surface area contributed by atoms with Crippen LogP contribution in [0.4, 0.5) is 0 Å². The topological polar surface area (TPSA) is 67.3 Å². The van der Waals surface area contributed by atoms with Crippen LogP contribution in [0.25, 0.3) is 0 Å². The van der Waals surface area contributed by atoms with Crippen LogP contribution in [0.5, 0.6) is 0 Å². The fourth-order valence-corrected chi connectivity index (χ4v) is 4.03. The van der Waals surface area contributed by atoms with Gasteiger partial charge < -0.3 is 4.79 Å². The lowest BCUT2D eigenvalue weighted by molar-refractivity contribution is -0.112. The van der Waals surface area contributed by atoms with Gasteiger partial charge in [0.1, 0.15) is 11.2 Å². The Morgan fingerprint density at radius 3 is 2.89 bits per heavy atom. The Labute approximate surface area is 114 Å². The third-order valence-electron chi connectivity index (χ3n) is 2.93. The van der Waals surface area contributed by atoms with E-state index in [9.17, 15) is 13.2 Å². The van der Waals surface area contributed by atoms with Gasteiger partial charge in [-0.2, -0.15) is 4.31 Å². The zero-order chi connectivity index (χ0) is 13.2. The molecule has 1 aromatic heterocycles. The van der Waals surface area contributed by atoms with Gasteiger partial charge in [0.25, 0.3) is 0 Å². The van der Waals surface area contributed by atoms with E-state index in [1.54, 1.807) is 0 Å². The molecule has 0 aromatic carbocycles. The summed E-state index contributed by atoms with van der Waals surface area (Å²) in [5, 5.41) is 0. The number of halogens is 1. The quantitative estimate of drug-likeness (QED) is 0.785. The minimum Gasteiger partial charge on any atom is -0.303 e. The molecule has 1 aliphatic heterocycles. The Kier molecular flexibility index (Phi) is 4.14. The van der Waals surface area contributed by atoms with E-state index < -0.39 is 10.0 Å². The first-order chi connectivity index (χ1) is 8.54. The summed E-state index contributed by atoms with van der Waals surface area (Å²) in [6.45, 7) is 0.720. The summed E-state index contributed by atoms with van der Waals surface area (Å²) < 4.78 is 26.7. The highest BCUT2D eigenvalue weighted by atomic mass is 79.9. The highest BCUT2D eigenvalue weighted by Crippen LogP contribution is 2.23. The number of hydrogen-bond donors (Lipinski definition) is 0. The fraction of sp³-hybridized carbons (Fsp3) is 0.455. The Bertz CT molecular complexity index is 547. The van der Waals surface area contributed by atoms with Gasteiger partial charge in [-0.1, -0.05) is 0 Å². The maximum atomic E-state index is 12.4. The molecule has 1 fully saturated rings. The standard InChI is InChI=1S/C11H13BrN2O3S/c12-10-4-11(6-13-5-10)18(16,17)14-3-1-2-9(7-14)8-15/h4-6,8-9H,1-3,7H2/t9-/m0/s1. The number of carbonyl (C=O) groups excluding carboxylic acids is 1. The molecule has 0 bridgehead atoms. The molecule has 2 rings (SSSR count). The number of pyridine rings is 1. The van der Waals surface area contributed by atoms with E-state index in [0.29, 0.717) is 17.4 Å². The number of piperidine rings is 1. The molecule has 5 nitrogen and oxygen atoms in total. The lowest BCUT2D eigenvalue weighted by Crippen LogP contribution is -2.40. The van der Waals surface area contributed by atoms with Gasteiger partial charge in [-0.25, -0.2) is 8.42 Å². The zero-order valence-corrected chi connectivity index (χ0v) is 12.0. The summed E-state index contributed by atoms with van der Waals surface area (Å²) in [5.41, 5.74) is 0. The third-order valence-corrected chi connectivity index (χ3v) is 5.19. The highest BCUT2D eigenvalue weighted by molar-refractivity contribution is 9.10. The largest absolute Gasteiger partial charge is 0.303 e. The Morgan fingerprint density at radius 1 is 1.44 bits per heavy atom. The molecule has 18 heavy (non-hydrogen) atoms. The molecule has 2 heterocycles. The molecular formula is C11H13BrN2O3S. The molecule has 1 saturated heterocycles. The van der Waals surface area contributed by atoms with Crippen LogP contribution in [0.1, 0.15) is 12.8 Å². The number of rotatable bonds is 3. The third kappa shape index (κ3) is 2.78. The second kappa shape index (κ2) is 5.46. The van der Waals surface area contributed by atoms with Gasteiger partial charge in [-0.05, 0) is 34.8 Å². The molecule has 0 spiro atoms. The van der Waals surface area contributed by atoms with Gasteiger partial charge in [0, 0.05) is 35.9 Å². The normalized spacial score (nSPS) is 21.7. The van der Waals surface area contributed by atoms with Crippen LogP contribution in [0.2, 0.25) is 0 Å². The summed E-state index contributed by atoms with van der Waals surface area (Å²) >= 11 is 3.20. The molecule has 0 radical (unpaired) electrons. The molecule has 0 amide bonds. The monoisotopic (exact) mass is 332 g/mol. The van der Waals surface area contributed by atoms with Crippen molar-refractivity contribution in [1.82, 2.24) is 9.29 Å². The number of hydrogen-bond acceptors (Lipinski definition) is 4. The predicted octanol–water partition coefficient (Wildman–Crippen LogP) is 1.44. The Morgan fingerprint density at radius 2 is 2.22 bits per heavy atom. The van der Waals surface area contributed by atoms with Gasteiger partial charge >= 0.3 is 0 Å². The number of nitrogens with zero attached hydrogens (tertiary/aromatic N) is 2. The summed E-state index contributed by atoms with van der Waals surface area (Å²) in [7, 11) is -3.55. The maximum Gasteiger partial charge on any atom is 0.244 e. The minimum absolute atomic E-state index is 0.156. The van der Waals surface area contributed by atoms with Crippen molar-refractivity contribution in [3.8, 4) is 0 Å². The van der Waals surface area contributed by atoms with Crippen LogP contribution in [0.3, 0.4) is 0 Å². The van der Waals surface area contributed by atoms with Crippen molar-refractivity contribution < 1.29 is 13.2 Å². The van der Waals surface area contributed by atoms with E-state index in [0.717, 1.165) is 12.7 Å². The van der Waals surface area contributed by atoms with Crippen LogP contribution < -0.4 is 0 Å². The van der Waals surface area contributed by atoms with Crippen LogP contribution in [0.15, 0.2) is 27.8 Å². The van der Waals surface area contributed by atoms with Crippen molar-refractivity contribution in [2.45, 2.75) is 17.7 Å². The first kappa shape index (κ1) is 13.6. The van der Waals surface area contributed by atoms with Crippen molar-refractivity contribution >= 4 is 32.2 Å². The van der Waals surface area contributed by atoms with Crippen molar-refractivity contribution in [2.24, 2.45) is 5.92 Å². The maximum absolute atomic E-state index is 12.4. The number of aldehydes is 1. The van der Waals surface area contributed by atoms with E-state index in [2.05, 4.69) is 20.9 Å². The zero-order valence-electron chi connectivity index (χ0n) is 9.62. The van der Waals surface area contributed by atoms with Crippen LogP contribution >= 0.6 is 15.9 Å². The Balaban J connectivity index is 2.28. The van der Waals surface area contributed by atoms with Crippen LogP contribution in [-0.4, -0.2) is 37.1 Å². The molecule has 98 valence electrons. The Hall–Kier alpha value is -0.790. The van der Waals surface area contributed by atoms with Crippen LogP contribution in [0, 0.1) is 5.92 Å². The summed E-state index contributed by atoms with van der Waals surface area (Å²) in [4.78, 5) is 14.8. The number of aromatic nitrogens is 1. The SMILES string of the molecule is O=C[C@H]1CCCN(S(=O)(=O)c2cncc(Br)c2)C1. The van der Waals surface area contributed by atoms with Gasteiger partial charge in [0.2, 0.25) is 10.0 Å². The lowest BCUT2D eigenvalue weighted by Gasteiger charge is -2.29. The van der Waals surface area contributed by atoms with E-state index in [4.69, 9.17) is 0 Å². The fourth-order valence-electron chi connectivity index (χ4n) is 1.99. The lowest BCUT2D eigenvalue weighted by atomic mass is 10.0. The minimum atomic E-state index is -3.55. The molecule has 1 aromatic rings. The second-order valence-corrected chi connectivity index (χ2v) is 7.09. The smallest absolute Gasteiger partial charge is 0.244 e. The second-order valence-electron chi connectivity index (χ2n) is 4.24. The van der Waals surface area contributed by atoms with Crippen molar-refractivity contribution in [2.75, 3.05) is 13.1 Å². The summed E-state index contributed by atoms with van der Waals surface area (Å²) in [6, 6.07) is 1.52. The number of sulfonamides is 1. The van der Waals surface area contributed by atoms with Crippen molar-refractivity contribution in [3.05, 3.63) is 22.9 Å². The number of carbonyl (C=O) groups is 1. The van der Waals surface area contributed by atoms with Crippen molar-refractivity contribution in [3.63, 3.8) is 0 Å². The molecular weight excluding hydrogens is 320 g/mol. The van der Waals surface area contributed by atoms with E-state index >= 15 is 0 Å². The van der Waals surface area contributed by atoms with E-state index in [1.807, 2.05) is 0 Å². The average Bonchev–Trinajstić information content (AvgIpc) is 2.39. The van der Waals surface area contributed by atoms with Gasteiger partial charge in [0.05, 0.1) is 0 Å². The first-order valence-corrected chi connectivity index (χ1v) is 7.83.